The standard InChI is InChI=1S/C38H51BN6O7/c1-23(2)19-30(40)35(47)45-33(24(3)4)38(50)44-32(21-27-15-10-7-11-16-27)37(49)43-31(20-26-13-8-6-9-14-26)36(48)41-25(5)34(46)42-29-18-12-17-28(22-29)39(51)52/h6-18,22-25,30-33,51-52H,19-21,40H2,1-5H3,(H,41,48)(H,42,46)(H,43,49)(H,44,50)(H,45,47)/t25-,30-,31-,32-,33-/m0/s1. The molecule has 278 valence electrons. The van der Waals surface area contributed by atoms with Gasteiger partial charge in [-0.2, -0.15) is 0 Å². The summed E-state index contributed by atoms with van der Waals surface area (Å²) in [7, 11) is -1.73. The molecule has 3 rings (SSSR count). The number of rotatable bonds is 18. The Balaban J connectivity index is 1.83. The molecule has 0 aliphatic carbocycles. The Hall–Kier alpha value is -5.05. The first-order valence-electron chi connectivity index (χ1n) is 17.5. The van der Waals surface area contributed by atoms with E-state index in [4.69, 9.17) is 5.73 Å². The Morgan fingerprint density at radius 2 is 1.15 bits per heavy atom. The lowest BCUT2D eigenvalue weighted by Gasteiger charge is -2.28. The van der Waals surface area contributed by atoms with Crippen LogP contribution in [0, 0.1) is 11.8 Å². The third kappa shape index (κ3) is 13.3. The molecule has 0 aliphatic heterocycles. The first-order chi connectivity index (χ1) is 24.6. The summed E-state index contributed by atoms with van der Waals surface area (Å²) in [6.07, 6.45) is 0.598. The van der Waals surface area contributed by atoms with Gasteiger partial charge in [0.1, 0.15) is 24.2 Å². The maximum atomic E-state index is 14.0. The van der Waals surface area contributed by atoms with E-state index < -0.39 is 66.9 Å². The van der Waals surface area contributed by atoms with Gasteiger partial charge in [0.15, 0.2) is 0 Å². The number of nitrogens with one attached hydrogen (secondary N) is 5. The number of hydrogen-bond acceptors (Lipinski definition) is 8. The van der Waals surface area contributed by atoms with E-state index in [1.165, 1.54) is 19.1 Å². The van der Waals surface area contributed by atoms with E-state index in [0.717, 1.165) is 11.1 Å². The fraction of sp³-hybridized carbons (Fsp3) is 0.395. The van der Waals surface area contributed by atoms with Crippen LogP contribution in [0.1, 0.15) is 52.2 Å². The van der Waals surface area contributed by atoms with Gasteiger partial charge in [-0.1, -0.05) is 100 Å². The van der Waals surface area contributed by atoms with E-state index in [0.29, 0.717) is 12.1 Å². The Morgan fingerprint density at radius 3 is 1.65 bits per heavy atom. The highest BCUT2D eigenvalue weighted by Crippen LogP contribution is 2.11. The van der Waals surface area contributed by atoms with Crippen LogP contribution in [-0.2, 0) is 36.8 Å². The largest absolute Gasteiger partial charge is 0.488 e. The number of nitrogens with two attached hydrogens (primary N) is 1. The molecule has 0 radical (unpaired) electrons. The molecule has 13 nitrogen and oxygen atoms in total. The van der Waals surface area contributed by atoms with Crippen molar-refractivity contribution in [3.63, 3.8) is 0 Å². The van der Waals surface area contributed by atoms with Crippen molar-refractivity contribution >= 4 is 47.8 Å². The fourth-order valence-electron chi connectivity index (χ4n) is 5.47. The van der Waals surface area contributed by atoms with E-state index in [9.17, 15) is 34.0 Å². The molecule has 0 bridgehead atoms. The highest BCUT2D eigenvalue weighted by atomic mass is 16.4. The third-order valence-corrected chi connectivity index (χ3v) is 8.34. The van der Waals surface area contributed by atoms with Crippen molar-refractivity contribution < 1.29 is 34.0 Å². The van der Waals surface area contributed by atoms with Crippen LogP contribution >= 0.6 is 0 Å². The van der Waals surface area contributed by atoms with Crippen molar-refractivity contribution in [1.82, 2.24) is 21.3 Å². The van der Waals surface area contributed by atoms with Gasteiger partial charge in [0.05, 0.1) is 6.04 Å². The second kappa shape index (κ2) is 20.1. The number of carbonyl (C=O) groups excluding carboxylic acids is 5. The number of benzene rings is 3. The van der Waals surface area contributed by atoms with Gasteiger partial charge in [-0.15, -0.1) is 0 Å². The van der Waals surface area contributed by atoms with Crippen LogP contribution in [0.15, 0.2) is 84.9 Å². The summed E-state index contributed by atoms with van der Waals surface area (Å²) < 4.78 is 0. The zero-order valence-corrected chi connectivity index (χ0v) is 30.3. The molecule has 14 heteroatoms. The molecule has 9 N–H and O–H groups in total. The second-order valence-electron chi connectivity index (χ2n) is 13.7. The van der Waals surface area contributed by atoms with E-state index >= 15 is 0 Å². The quantitative estimate of drug-likeness (QED) is 0.0881. The van der Waals surface area contributed by atoms with Gasteiger partial charge in [0.2, 0.25) is 29.5 Å². The van der Waals surface area contributed by atoms with E-state index in [1.807, 2.05) is 38.1 Å². The zero-order chi connectivity index (χ0) is 38.4. The van der Waals surface area contributed by atoms with Crippen LogP contribution in [0.5, 0.6) is 0 Å². The summed E-state index contributed by atoms with van der Waals surface area (Å²) in [6, 6.07) is 18.9. The Labute approximate surface area is 305 Å². The summed E-state index contributed by atoms with van der Waals surface area (Å²) in [5.41, 5.74) is 8.04. The lowest BCUT2D eigenvalue weighted by molar-refractivity contribution is -0.135. The van der Waals surface area contributed by atoms with Gasteiger partial charge >= 0.3 is 7.12 Å². The maximum Gasteiger partial charge on any atom is 0.488 e. The van der Waals surface area contributed by atoms with Crippen molar-refractivity contribution in [3.8, 4) is 0 Å². The molecule has 3 aromatic rings. The highest BCUT2D eigenvalue weighted by Gasteiger charge is 2.33. The van der Waals surface area contributed by atoms with Crippen molar-refractivity contribution in [3.05, 3.63) is 96.1 Å². The summed E-state index contributed by atoms with van der Waals surface area (Å²) in [5, 5.41) is 32.6. The normalized spacial score (nSPS) is 14.0. The average molecular weight is 715 g/mol. The molecule has 5 amide bonds. The molecule has 0 aliphatic rings. The molecule has 0 heterocycles. The molecule has 0 saturated heterocycles. The van der Waals surface area contributed by atoms with Crippen LogP contribution in [0.3, 0.4) is 0 Å². The third-order valence-electron chi connectivity index (χ3n) is 8.34. The second-order valence-corrected chi connectivity index (χ2v) is 13.7. The SMILES string of the molecule is CC(C)C[C@H](N)C(=O)N[C@H](C(=O)N[C@@H](Cc1ccccc1)C(=O)N[C@@H](Cc1ccccc1)C(=O)N[C@@H](C)C(=O)Nc1cccc(B(O)O)c1)C(C)C. The van der Waals surface area contributed by atoms with Crippen molar-refractivity contribution in [2.45, 2.75) is 84.1 Å². The van der Waals surface area contributed by atoms with Gasteiger partial charge in [0.25, 0.3) is 0 Å². The Bertz CT molecular complexity index is 1640. The van der Waals surface area contributed by atoms with Crippen LogP contribution in [0.2, 0.25) is 0 Å². The Morgan fingerprint density at radius 1 is 0.635 bits per heavy atom. The van der Waals surface area contributed by atoms with Gasteiger partial charge < -0.3 is 42.4 Å². The molecule has 0 aromatic heterocycles. The van der Waals surface area contributed by atoms with Crippen LogP contribution in [-0.4, -0.2) is 76.9 Å². The summed E-state index contributed by atoms with van der Waals surface area (Å²) in [4.78, 5) is 67.4. The lowest BCUT2D eigenvalue weighted by Crippen LogP contribution is -2.60. The first kappa shape index (κ1) is 41.4. The molecule has 3 aromatic carbocycles. The molecule has 0 fully saturated rings. The molecular weight excluding hydrogens is 663 g/mol. The molecule has 0 unspecified atom stereocenters. The van der Waals surface area contributed by atoms with E-state index in [1.54, 1.807) is 62.4 Å². The number of anilines is 1. The highest BCUT2D eigenvalue weighted by molar-refractivity contribution is 6.58. The minimum absolute atomic E-state index is 0.0770. The summed E-state index contributed by atoms with van der Waals surface area (Å²) in [6.45, 7) is 8.91. The monoisotopic (exact) mass is 714 g/mol. The van der Waals surface area contributed by atoms with Crippen molar-refractivity contribution in [1.29, 1.82) is 0 Å². The number of amides is 5. The summed E-state index contributed by atoms with van der Waals surface area (Å²) >= 11 is 0. The Kier molecular flexibility index (Phi) is 16.0. The first-order valence-corrected chi connectivity index (χ1v) is 17.5. The van der Waals surface area contributed by atoms with Crippen LogP contribution < -0.4 is 37.8 Å². The molecular formula is C38H51BN6O7. The van der Waals surface area contributed by atoms with Crippen LogP contribution in [0.25, 0.3) is 0 Å². The maximum absolute atomic E-state index is 14.0. The number of hydrogen-bond donors (Lipinski definition) is 8. The topological polar surface area (TPSA) is 212 Å². The minimum Gasteiger partial charge on any atom is -0.423 e. The molecule has 52 heavy (non-hydrogen) atoms. The summed E-state index contributed by atoms with van der Waals surface area (Å²) in [5.74, 6) is -3.08. The van der Waals surface area contributed by atoms with Crippen molar-refractivity contribution in [2.75, 3.05) is 5.32 Å². The lowest BCUT2D eigenvalue weighted by atomic mass is 9.80. The van der Waals surface area contributed by atoms with E-state index in [-0.39, 0.29) is 30.1 Å². The molecule has 0 saturated carbocycles. The predicted molar refractivity (Wildman–Crippen MR) is 201 cm³/mol. The van der Waals surface area contributed by atoms with E-state index in [2.05, 4.69) is 26.6 Å². The van der Waals surface area contributed by atoms with Gasteiger partial charge in [0, 0.05) is 18.5 Å². The number of carbonyl (C=O) groups is 5. The predicted octanol–water partition coefficient (Wildman–Crippen LogP) is 0.779. The van der Waals surface area contributed by atoms with Crippen LogP contribution in [0.4, 0.5) is 5.69 Å². The van der Waals surface area contributed by atoms with Crippen molar-refractivity contribution in [2.24, 2.45) is 17.6 Å². The van der Waals surface area contributed by atoms with Gasteiger partial charge in [-0.25, -0.2) is 0 Å². The minimum atomic E-state index is -1.73. The van der Waals surface area contributed by atoms with Gasteiger partial charge in [-0.05, 0) is 53.9 Å². The van der Waals surface area contributed by atoms with Gasteiger partial charge in [-0.3, -0.25) is 24.0 Å². The molecule has 5 atom stereocenters. The average Bonchev–Trinajstić information content (AvgIpc) is 3.10. The zero-order valence-electron chi connectivity index (χ0n) is 30.3. The smallest absolute Gasteiger partial charge is 0.423 e. The fourth-order valence-corrected chi connectivity index (χ4v) is 5.47. The molecule has 0 spiro atoms.